The summed E-state index contributed by atoms with van der Waals surface area (Å²) in [4.78, 5) is 37.7. The van der Waals surface area contributed by atoms with E-state index < -0.39 is 23.3 Å². The Morgan fingerprint density at radius 1 is 1.09 bits per heavy atom. The number of benzene rings is 2. The SMILES string of the molecule is Cc1cccc(C)c1Oc1cccc(N(C(=O)NCCC(=O)O)c2c(O)ccn(C)c2=O)c1. The first-order chi connectivity index (χ1) is 15.7. The number of aromatic nitrogens is 1. The molecule has 0 bridgehead atoms. The lowest BCUT2D eigenvalue weighted by Crippen LogP contribution is -2.41. The van der Waals surface area contributed by atoms with Crippen LogP contribution in [-0.2, 0) is 11.8 Å². The third-order valence-corrected chi connectivity index (χ3v) is 4.97. The molecule has 0 saturated carbocycles. The summed E-state index contributed by atoms with van der Waals surface area (Å²) in [5.74, 6) is -0.386. The van der Waals surface area contributed by atoms with Gasteiger partial charge in [0.15, 0.2) is 5.69 Å². The zero-order valence-corrected chi connectivity index (χ0v) is 18.5. The van der Waals surface area contributed by atoms with Gasteiger partial charge >= 0.3 is 12.0 Å². The summed E-state index contributed by atoms with van der Waals surface area (Å²) in [6.07, 6.45) is 1.08. The lowest BCUT2D eigenvalue weighted by molar-refractivity contribution is -0.136. The summed E-state index contributed by atoms with van der Waals surface area (Å²) in [7, 11) is 1.49. The summed E-state index contributed by atoms with van der Waals surface area (Å²) in [6.45, 7) is 3.68. The van der Waals surface area contributed by atoms with Crippen molar-refractivity contribution in [3.63, 3.8) is 0 Å². The number of amides is 2. The van der Waals surface area contributed by atoms with Crippen molar-refractivity contribution in [3.05, 3.63) is 76.2 Å². The molecule has 1 heterocycles. The number of para-hydroxylation sites is 1. The van der Waals surface area contributed by atoms with Crippen molar-refractivity contribution in [1.82, 2.24) is 9.88 Å². The summed E-state index contributed by atoms with van der Waals surface area (Å²) >= 11 is 0. The van der Waals surface area contributed by atoms with Gasteiger partial charge in [-0.15, -0.1) is 0 Å². The number of carbonyl (C=O) groups is 2. The standard InChI is InChI=1S/C24H25N3O6/c1-15-6-4-7-16(2)22(15)33-18-9-5-8-17(14-18)27(24(32)25-12-10-20(29)30)21-19(28)11-13-26(3)23(21)31/h4-9,11,13-14,28H,10,12H2,1-3H3,(H,25,32)(H,29,30). The molecular formula is C24H25N3O6. The predicted molar refractivity (Wildman–Crippen MR) is 124 cm³/mol. The molecular weight excluding hydrogens is 426 g/mol. The highest BCUT2D eigenvalue weighted by molar-refractivity contribution is 6.00. The summed E-state index contributed by atoms with van der Waals surface area (Å²) in [6, 6.07) is 12.8. The van der Waals surface area contributed by atoms with Crippen molar-refractivity contribution in [1.29, 1.82) is 0 Å². The van der Waals surface area contributed by atoms with Crippen LogP contribution in [0.5, 0.6) is 17.2 Å². The van der Waals surface area contributed by atoms with E-state index in [0.717, 1.165) is 16.0 Å². The van der Waals surface area contributed by atoms with Crippen LogP contribution in [-0.4, -0.2) is 33.3 Å². The zero-order chi connectivity index (χ0) is 24.1. The van der Waals surface area contributed by atoms with Gasteiger partial charge in [0.05, 0.1) is 12.1 Å². The summed E-state index contributed by atoms with van der Waals surface area (Å²) in [5.41, 5.74) is 1.24. The molecule has 1 aromatic heterocycles. The van der Waals surface area contributed by atoms with Crippen LogP contribution in [0.1, 0.15) is 17.5 Å². The summed E-state index contributed by atoms with van der Waals surface area (Å²) in [5, 5.41) is 21.8. The molecule has 0 atom stereocenters. The maximum atomic E-state index is 13.0. The molecule has 2 amide bonds. The van der Waals surface area contributed by atoms with Crippen molar-refractivity contribution >= 4 is 23.4 Å². The maximum Gasteiger partial charge on any atom is 0.326 e. The minimum atomic E-state index is -1.08. The molecule has 0 fully saturated rings. The number of anilines is 2. The van der Waals surface area contributed by atoms with E-state index >= 15 is 0 Å². The highest BCUT2D eigenvalue weighted by atomic mass is 16.5. The van der Waals surface area contributed by atoms with Crippen LogP contribution < -0.4 is 20.5 Å². The molecule has 0 unspecified atom stereocenters. The Morgan fingerprint density at radius 2 is 1.76 bits per heavy atom. The monoisotopic (exact) mass is 451 g/mol. The van der Waals surface area contributed by atoms with E-state index in [4.69, 9.17) is 9.84 Å². The predicted octanol–water partition coefficient (Wildman–Crippen LogP) is 3.82. The number of nitrogens with zero attached hydrogens (tertiary/aromatic N) is 2. The van der Waals surface area contributed by atoms with Gasteiger partial charge < -0.3 is 24.8 Å². The fourth-order valence-electron chi connectivity index (χ4n) is 3.28. The molecule has 3 N–H and O–H groups in total. The Bertz CT molecular complexity index is 1230. The van der Waals surface area contributed by atoms with Crippen molar-refractivity contribution in [2.24, 2.45) is 7.05 Å². The molecule has 3 aromatic rings. The van der Waals surface area contributed by atoms with Crippen LogP contribution in [0.4, 0.5) is 16.2 Å². The Kier molecular flexibility index (Phi) is 7.02. The highest BCUT2D eigenvalue weighted by Gasteiger charge is 2.25. The molecule has 0 radical (unpaired) electrons. The third-order valence-electron chi connectivity index (χ3n) is 4.97. The molecule has 9 heteroatoms. The van der Waals surface area contributed by atoms with Gasteiger partial charge in [-0.3, -0.25) is 14.5 Å². The van der Waals surface area contributed by atoms with Crippen LogP contribution >= 0.6 is 0 Å². The second-order valence-corrected chi connectivity index (χ2v) is 7.50. The molecule has 33 heavy (non-hydrogen) atoms. The Hall–Kier alpha value is -4.27. The first-order valence-electron chi connectivity index (χ1n) is 10.2. The number of aliphatic carboxylic acids is 1. The number of rotatable bonds is 7. The van der Waals surface area contributed by atoms with Crippen molar-refractivity contribution in [2.45, 2.75) is 20.3 Å². The van der Waals surface area contributed by atoms with Crippen LogP contribution in [0.15, 0.2) is 59.5 Å². The first kappa shape index (κ1) is 23.4. The largest absolute Gasteiger partial charge is 0.505 e. The van der Waals surface area contributed by atoms with E-state index in [9.17, 15) is 19.5 Å². The topological polar surface area (TPSA) is 121 Å². The Morgan fingerprint density at radius 3 is 2.42 bits per heavy atom. The molecule has 3 rings (SSSR count). The van der Waals surface area contributed by atoms with E-state index in [0.29, 0.717) is 11.5 Å². The molecule has 0 saturated heterocycles. The molecule has 172 valence electrons. The Balaban J connectivity index is 2.05. The number of carboxylic acids is 1. The van der Waals surface area contributed by atoms with Gasteiger partial charge in [-0.05, 0) is 43.2 Å². The number of urea groups is 1. The van der Waals surface area contributed by atoms with Crippen molar-refractivity contribution in [3.8, 4) is 17.2 Å². The van der Waals surface area contributed by atoms with Crippen LogP contribution in [0.25, 0.3) is 0 Å². The smallest absolute Gasteiger partial charge is 0.326 e. The lowest BCUT2D eigenvalue weighted by Gasteiger charge is -2.24. The average Bonchev–Trinajstić information content (AvgIpc) is 2.76. The molecule has 0 aliphatic heterocycles. The van der Waals surface area contributed by atoms with E-state index in [1.165, 1.54) is 23.9 Å². The Labute approximate surface area is 190 Å². The number of carbonyl (C=O) groups excluding carboxylic acids is 1. The molecule has 0 aliphatic carbocycles. The number of nitrogens with one attached hydrogen (secondary N) is 1. The molecule has 0 aliphatic rings. The summed E-state index contributed by atoms with van der Waals surface area (Å²) < 4.78 is 7.29. The van der Waals surface area contributed by atoms with Crippen molar-refractivity contribution < 1.29 is 24.5 Å². The second-order valence-electron chi connectivity index (χ2n) is 7.50. The van der Waals surface area contributed by atoms with Gasteiger partial charge in [0.25, 0.3) is 5.56 Å². The fourth-order valence-corrected chi connectivity index (χ4v) is 3.28. The zero-order valence-electron chi connectivity index (χ0n) is 18.5. The van der Waals surface area contributed by atoms with Gasteiger partial charge in [0.2, 0.25) is 0 Å². The molecule has 0 spiro atoms. The van der Waals surface area contributed by atoms with E-state index in [-0.39, 0.29) is 24.3 Å². The van der Waals surface area contributed by atoms with E-state index in [1.807, 2.05) is 32.0 Å². The second kappa shape index (κ2) is 9.90. The highest BCUT2D eigenvalue weighted by Crippen LogP contribution is 2.34. The average molecular weight is 451 g/mol. The number of aryl methyl sites for hydroxylation is 3. The minimum absolute atomic E-state index is 0.156. The quantitative estimate of drug-likeness (QED) is 0.502. The van der Waals surface area contributed by atoms with Gasteiger partial charge in [-0.1, -0.05) is 24.3 Å². The van der Waals surface area contributed by atoms with Crippen LogP contribution in [0.3, 0.4) is 0 Å². The normalized spacial score (nSPS) is 10.5. The number of carboxylic acid groups (broad SMARTS) is 1. The first-order valence-corrected chi connectivity index (χ1v) is 10.2. The fraction of sp³-hybridized carbons (Fsp3) is 0.208. The van der Waals surface area contributed by atoms with Gasteiger partial charge in [0, 0.05) is 25.9 Å². The van der Waals surface area contributed by atoms with Crippen molar-refractivity contribution in [2.75, 3.05) is 11.4 Å². The lowest BCUT2D eigenvalue weighted by atomic mass is 10.1. The number of pyridine rings is 1. The van der Waals surface area contributed by atoms with Crippen LogP contribution in [0.2, 0.25) is 0 Å². The maximum absolute atomic E-state index is 13.0. The van der Waals surface area contributed by atoms with E-state index in [2.05, 4.69) is 5.32 Å². The van der Waals surface area contributed by atoms with E-state index in [1.54, 1.807) is 24.3 Å². The third kappa shape index (κ3) is 5.32. The molecule has 2 aromatic carbocycles. The van der Waals surface area contributed by atoms with Gasteiger partial charge in [-0.2, -0.15) is 0 Å². The number of aromatic hydroxyl groups is 1. The number of hydrogen-bond acceptors (Lipinski definition) is 5. The number of hydrogen-bond donors (Lipinski definition) is 3. The van der Waals surface area contributed by atoms with Gasteiger partial charge in [-0.25, -0.2) is 4.79 Å². The minimum Gasteiger partial charge on any atom is -0.505 e. The van der Waals surface area contributed by atoms with Crippen LogP contribution in [0, 0.1) is 13.8 Å². The van der Waals surface area contributed by atoms with Gasteiger partial charge in [0.1, 0.15) is 17.2 Å². The molecule has 9 nitrogen and oxygen atoms in total. The number of ether oxygens (including phenoxy) is 1.